The Balaban J connectivity index is 1.99. The first-order valence-corrected chi connectivity index (χ1v) is 6.13. The van der Waals surface area contributed by atoms with E-state index in [9.17, 15) is 0 Å². The van der Waals surface area contributed by atoms with Crippen LogP contribution >= 0.6 is 0 Å². The summed E-state index contributed by atoms with van der Waals surface area (Å²) in [6, 6.07) is 3.94. The highest BCUT2D eigenvalue weighted by Crippen LogP contribution is 2.21. The highest BCUT2D eigenvalue weighted by molar-refractivity contribution is 5.65. The molecule has 18 heavy (non-hydrogen) atoms. The number of rotatable bonds is 5. The molecule has 0 spiro atoms. The predicted octanol–water partition coefficient (Wildman–Crippen LogP) is 0.559. The third-order valence-corrected chi connectivity index (χ3v) is 2.87. The summed E-state index contributed by atoms with van der Waals surface area (Å²) in [5, 5.41) is 3.19. The van der Waals surface area contributed by atoms with E-state index in [1.807, 2.05) is 12.1 Å². The van der Waals surface area contributed by atoms with E-state index in [2.05, 4.69) is 15.2 Å². The number of anilines is 3. The van der Waals surface area contributed by atoms with Crippen LogP contribution in [0.25, 0.3) is 0 Å². The van der Waals surface area contributed by atoms with Crippen molar-refractivity contribution < 1.29 is 9.47 Å². The van der Waals surface area contributed by atoms with Crippen molar-refractivity contribution in [3.05, 3.63) is 12.1 Å². The molecule has 0 aliphatic carbocycles. The minimum atomic E-state index is 0.523. The van der Waals surface area contributed by atoms with E-state index in [0.29, 0.717) is 12.4 Å². The fraction of sp³-hybridized carbons (Fsp3) is 0.583. The van der Waals surface area contributed by atoms with Gasteiger partial charge in [-0.25, -0.2) is 4.98 Å². The standard InChI is InChI=1S/C12H20N4O2/c1-17-7-4-14-10-2-3-11(15-12(10)13)16-5-8-18-9-6-16/h2-3,14H,4-9H2,1H3,(H2,13,15). The van der Waals surface area contributed by atoms with E-state index < -0.39 is 0 Å². The Morgan fingerprint density at radius 3 is 2.89 bits per heavy atom. The number of aromatic nitrogens is 1. The number of nitrogens with one attached hydrogen (secondary N) is 1. The van der Waals surface area contributed by atoms with Crippen LogP contribution < -0.4 is 16.0 Å². The highest BCUT2D eigenvalue weighted by Gasteiger charge is 2.13. The van der Waals surface area contributed by atoms with Gasteiger partial charge in [-0.3, -0.25) is 0 Å². The summed E-state index contributed by atoms with van der Waals surface area (Å²) in [6.07, 6.45) is 0. The van der Waals surface area contributed by atoms with Gasteiger partial charge in [0.1, 0.15) is 11.6 Å². The van der Waals surface area contributed by atoms with Crippen molar-refractivity contribution in [3.8, 4) is 0 Å². The SMILES string of the molecule is COCCNc1ccc(N2CCOCC2)nc1N. The Morgan fingerprint density at radius 1 is 1.44 bits per heavy atom. The minimum absolute atomic E-state index is 0.523. The largest absolute Gasteiger partial charge is 0.383 e. The van der Waals surface area contributed by atoms with Crippen molar-refractivity contribution in [2.75, 3.05) is 62.5 Å². The molecular formula is C12H20N4O2. The molecule has 1 aromatic rings. The maximum absolute atomic E-state index is 5.94. The molecule has 6 nitrogen and oxygen atoms in total. The maximum Gasteiger partial charge on any atom is 0.149 e. The zero-order chi connectivity index (χ0) is 12.8. The summed E-state index contributed by atoms with van der Waals surface area (Å²) in [5.41, 5.74) is 6.79. The number of morpholine rings is 1. The number of nitrogen functional groups attached to an aromatic ring is 1. The van der Waals surface area contributed by atoms with Crippen LogP contribution in [-0.2, 0) is 9.47 Å². The Kier molecular flexibility index (Phi) is 4.60. The highest BCUT2D eigenvalue weighted by atomic mass is 16.5. The summed E-state index contributed by atoms with van der Waals surface area (Å²) >= 11 is 0. The molecule has 1 aliphatic heterocycles. The Bertz CT molecular complexity index is 380. The van der Waals surface area contributed by atoms with E-state index >= 15 is 0 Å². The minimum Gasteiger partial charge on any atom is -0.383 e. The number of pyridine rings is 1. The van der Waals surface area contributed by atoms with Gasteiger partial charge < -0.3 is 25.4 Å². The fourth-order valence-corrected chi connectivity index (χ4v) is 1.87. The van der Waals surface area contributed by atoms with E-state index in [4.69, 9.17) is 15.2 Å². The van der Waals surface area contributed by atoms with Crippen molar-refractivity contribution in [2.24, 2.45) is 0 Å². The molecule has 1 saturated heterocycles. The van der Waals surface area contributed by atoms with Crippen LogP contribution in [0.2, 0.25) is 0 Å². The van der Waals surface area contributed by atoms with Gasteiger partial charge in [0.25, 0.3) is 0 Å². The zero-order valence-corrected chi connectivity index (χ0v) is 10.7. The number of methoxy groups -OCH3 is 1. The lowest BCUT2D eigenvalue weighted by Crippen LogP contribution is -2.36. The van der Waals surface area contributed by atoms with Gasteiger partial charge in [0.2, 0.25) is 0 Å². The monoisotopic (exact) mass is 252 g/mol. The van der Waals surface area contributed by atoms with Gasteiger partial charge >= 0.3 is 0 Å². The van der Waals surface area contributed by atoms with Gasteiger partial charge in [0.15, 0.2) is 0 Å². The average molecular weight is 252 g/mol. The molecule has 1 aromatic heterocycles. The van der Waals surface area contributed by atoms with Crippen LogP contribution in [0.1, 0.15) is 0 Å². The lowest BCUT2D eigenvalue weighted by molar-refractivity contribution is 0.122. The number of ether oxygens (including phenoxy) is 2. The fourth-order valence-electron chi connectivity index (χ4n) is 1.87. The second kappa shape index (κ2) is 6.42. The van der Waals surface area contributed by atoms with E-state index in [0.717, 1.165) is 44.4 Å². The topological polar surface area (TPSA) is 72.6 Å². The maximum atomic E-state index is 5.94. The van der Waals surface area contributed by atoms with Crippen molar-refractivity contribution >= 4 is 17.3 Å². The van der Waals surface area contributed by atoms with Crippen LogP contribution in [0.5, 0.6) is 0 Å². The van der Waals surface area contributed by atoms with Gasteiger partial charge in [-0.15, -0.1) is 0 Å². The normalized spacial score (nSPS) is 15.7. The van der Waals surface area contributed by atoms with Crippen molar-refractivity contribution in [2.45, 2.75) is 0 Å². The lowest BCUT2D eigenvalue weighted by Gasteiger charge is -2.28. The number of nitrogens with two attached hydrogens (primary N) is 1. The molecule has 1 aliphatic rings. The number of nitrogens with zero attached hydrogens (tertiary/aromatic N) is 2. The van der Waals surface area contributed by atoms with Crippen LogP contribution in [0, 0.1) is 0 Å². The van der Waals surface area contributed by atoms with Crippen molar-refractivity contribution in [1.29, 1.82) is 0 Å². The third kappa shape index (κ3) is 3.24. The Morgan fingerprint density at radius 2 is 2.22 bits per heavy atom. The summed E-state index contributed by atoms with van der Waals surface area (Å²) < 4.78 is 10.3. The van der Waals surface area contributed by atoms with Gasteiger partial charge in [-0.2, -0.15) is 0 Å². The molecule has 2 heterocycles. The first-order chi connectivity index (χ1) is 8.81. The van der Waals surface area contributed by atoms with Crippen LogP contribution in [0.15, 0.2) is 12.1 Å². The van der Waals surface area contributed by atoms with E-state index in [-0.39, 0.29) is 0 Å². The van der Waals surface area contributed by atoms with Crippen LogP contribution in [0.3, 0.4) is 0 Å². The Labute approximate surface area is 107 Å². The second-order valence-electron chi connectivity index (χ2n) is 4.12. The van der Waals surface area contributed by atoms with Crippen LogP contribution in [0.4, 0.5) is 17.3 Å². The molecule has 3 N–H and O–H groups in total. The van der Waals surface area contributed by atoms with Gasteiger partial charge in [-0.1, -0.05) is 0 Å². The number of hydrogen-bond donors (Lipinski definition) is 2. The number of hydrogen-bond acceptors (Lipinski definition) is 6. The van der Waals surface area contributed by atoms with E-state index in [1.165, 1.54) is 0 Å². The van der Waals surface area contributed by atoms with Crippen molar-refractivity contribution in [3.63, 3.8) is 0 Å². The third-order valence-electron chi connectivity index (χ3n) is 2.87. The zero-order valence-electron chi connectivity index (χ0n) is 10.7. The Hall–Kier alpha value is -1.53. The molecule has 0 atom stereocenters. The first-order valence-electron chi connectivity index (χ1n) is 6.13. The molecule has 2 rings (SSSR count). The average Bonchev–Trinajstić information content (AvgIpc) is 2.42. The molecule has 0 radical (unpaired) electrons. The molecule has 0 amide bonds. The first kappa shape index (κ1) is 12.9. The summed E-state index contributed by atoms with van der Waals surface area (Å²) in [7, 11) is 1.67. The molecule has 0 saturated carbocycles. The van der Waals surface area contributed by atoms with Gasteiger partial charge in [0, 0.05) is 26.7 Å². The summed E-state index contributed by atoms with van der Waals surface area (Å²) in [4.78, 5) is 6.60. The molecule has 0 unspecified atom stereocenters. The smallest absolute Gasteiger partial charge is 0.149 e. The molecular weight excluding hydrogens is 232 g/mol. The van der Waals surface area contributed by atoms with Crippen molar-refractivity contribution in [1.82, 2.24) is 4.98 Å². The quantitative estimate of drug-likeness (QED) is 0.746. The molecule has 0 aromatic carbocycles. The van der Waals surface area contributed by atoms with Gasteiger partial charge in [-0.05, 0) is 12.1 Å². The molecule has 6 heteroatoms. The molecule has 1 fully saturated rings. The van der Waals surface area contributed by atoms with Crippen LogP contribution in [-0.4, -0.2) is 51.5 Å². The lowest BCUT2D eigenvalue weighted by atomic mass is 10.3. The van der Waals surface area contributed by atoms with Gasteiger partial charge in [0.05, 0.1) is 25.5 Å². The molecule has 100 valence electrons. The summed E-state index contributed by atoms with van der Waals surface area (Å²) in [6.45, 7) is 4.58. The predicted molar refractivity (Wildman–Crippen MR) is 72.0 cm³/mol. The van der Waals surface area contributed by atoms with E-state index in [1.54, 1.807) is 7.11 Å². The second-order valence-corrected chi connectivity index (χ2v) is 4.12. The summed E-state index contributed by atoms with van der Waals surface area (Å²) in [5.74, 6) is 1.43. The molecule has 0 bridgehead atoms.